The summed E-state index contributed by atoms with van der Waals surface area (Å²) in [4.78, 5) is 22.0. The standard InChI is InChI=1S/C10H18N6O2/c11-5-8-6-16(15-14-8)7-10(18)13-4-2-1-3-9(12)17/h6H,1-5,7,11H2,(H2,12,17)(H,13,18). The van der Waals surface area contributed by atoms with E-state index in [0.29, 0.717) is 31.6 Å². The minimum Gasteiger partial charge on any atom is -0.370 e. The second-order valence-corrected chi connectivity index (χ2v) is 3.88. The van der Waals surface area contributed by atoms with Crippen LogP contribution in [0.25, 0.3) is 0 Å². The first-order valence-corrected chi connectivity index (χ1v) is 5.76. The van der Waals surface area contributed by atoms with Gasteiger partial charge < -0.3 is 16.8 Å². The van der Waals surface area contributed by atoms with Crippen molar-refractivity contribution < 1.29 is 9.59 Å². The van der Waals surface area contributed by atoms with Gasteiger partial charge in [-0.05, 0) is 12.8 Å². The van der Waals surface area contributed by atoms with Gasteiger partial charge in [0.15, 0.2) is 0 Å². The van der Waals surface area contributed by atoms with E-state index in [2.05, 4.69) is 15.6 Å². The first kappa shape index (κ1) is 14.1. The third-order valence-electron chi connectivity index (χ3n) is 2.27. The molecular formula is C10H18N6O2. The van der Waals surface area contributed by atoms with Gasteiger partial charge in [-0.2, -0.15) is 0 Å². The Bertz CT molecular complexity index is 403. The second kappa shape index (κ2) is 7.38. The van der Waals surface area contributed by atoms with E-state index in [1.807, 2.05) is 0 Å². The van der Waals surface area contributed by atoms with Crippen LogP contribution in [0.2, 0.25) is 0 Å². The van der Waals surface area contributed by atoms with Gasteiger partial charge in [0.2, 0.25) is 11.8 Å². The number of nitrogens with two attached hydrogens (primary N) is 2. The number of carbonyl (C=O) groups excluding carboxylic acids is 2. The predicted molar refractivity (Wildman–Crippen MR) is 64.0 cm³/mol. The molecule has 5 N–H and O–H groups in total. The maximum absolute atomic E-state index is 11.5. The van der Waals surface area contributed by atoms with Crippen molar-refractivity contribution in [2.24, 2.45) is 11.5 Å². The molecule has 0 radical (unpaired) electrons. The Hall–Kier alpha value is -1.96. The van der Waals surface area contributed by atoms with Gasteiger partial charge in [0.1, 0.15) is 6.54 Å². The van der Waals surface area contributed by atoms with Gasteiger partial charge in [0, 0.05) is 19.5 Å². The van der Waals surface area contributed by atoms with Crippen molar-refractivity contribution in [3.63, 3.8) is 0 Å². The highest BCUT2D eigenvalue weighted by molar-refractivity contribution is 5.75. The smallest absolute Gasteiger partial charge is 0.241 e. The van der Waals surface area contributed by atoms with Gasteiger partial charge in [0.25, 0.3) is 0 Å². The molecule has 0 aliphatic carbocycles. The molecular weight excluding hydrogens is 236 g/mol. The molecule has 8 heteroatoms. The quantitative estimate of drug-likeness (QED) is 0.487. The van der Waals surface area contributed by atoms with E-state index in [1.54, 1.807) is 6.20 Å². The minimum absolute atomic E-state index is 0.114. The second-order valence-electron chi connectivity index (χ2n) is 3.88. The number of nitrogens with zero attached hydrogens (tertiary/aromatic N) is 3. The normalized spacial score (nSPS) is 10.3. The molecule has 0 aliphatic heterocycles. The molecule has 8 nitrogen and oxygen atoms in total. The summed E-state index contributed by atoms with van der Waals surface area (Å²) in [7, 11) is 0. The molecule has 1 aromatic heterocycles. The number of primary amides is 1. The molecule has 0 aliphatic rings. The molecule has 18 heavy (non-hydrogen) atoms. The van der Waals surface area contributed by atoms with Crippen LogP contribution in [0, 0.1) is 0 Å². The fraction of sp³-hybridized carbons (Fsp3) is 0.600. The van der Waals surface area contributed by atoms with Crippen molar-refractivity contribution in [3.8, 4) is 0 Å². The Morgan fingerprint density at radius 1 is 1.39 bits per heavy atom. The van der Waals surface area contributed by atoms with Crippen molar-refractivity contribution in [3.05, 3.63) is 11.9 Å². The molecule has 0 spiro atoms. The third-order valence-corrected chi connectivity index (χ3v) is 2.27. The zero-order valence-corrected chi connectivity index (χ0v) is 10.1. The number of rotatable bonds is 8. The molecule has 0 bridgehead atoms. The average molecular weight is 254 g/mol. The lowest BCUT2D eigenvalue weighted by atomic mass is 10.2. The Morgan fingerprint density at radius 3 is 2.78 bits per heavy atom. The summed E-state index contributed by atoms with van der Waals surface area (Å²) in [5.74, 6) is -0.471. The number of carbonyl (C=O) groups is 2. The van der Waals surface area contributed by atoms with Crippen LogP contribution in [-0.2, 0) is 22.7 Å². The third kappa shape index (κ3) is 5.39. The summed E-state index contributed by atoms with van der Waals surface area (Å²) in [5, 5.41) is 10.3. The Morgan fingerprint density at radius 2 is 2.17 bits per heavy atom. The summed E-state index contributed by atoms with van der Waals surface area (Å²) in [6.07, 6.45) is 3.38. The van der Waals surface area contributed by atoms with Gasteiger partial charge in [-0.15, -0.1) is 5.10 Å². The average Bonchev–Trinajstić information content (AvgIpc) is 2.76. The summed E-state index contributed by atoms with van der Waals surface area (Å²) >= 11 is 0. The Balaban J connectivity index is 2.15. The van der Waals surface area contributed by atoms with Crippen molar-refractivity contribution in [2.45, 2.75) is 32.4 Å². The molecule has 1 heterocycles. The van der Waals surface area contributed by atoms with Crippen molar-refractivity contribution >= 4 is 11.8 Å². The molecule has 1 aromatic rings. The monoisotopic (exact) mass is 254 g/mol. The van der Waals surface area contributed by atoms with Gasteiger partial charge in [-0.1, -0.05) is 5.21 Å². The maximum Gasteiger partial charge on any atom is 0.241 e. The lowest BCUT2D eigenvalue weighted by Gasteiger charge is -2.04. The molecule has 0 saturated heterocycles. The number of unbranched alkanes of at least 4 members (excludes halogenated alkanes) is 1. The van der Waals surface area contributed by atoms with Crippen molar-refractivity contribution in [1.82, 2.24) is 20.3 Å². The topological polar surface area (TPSA) is 129 Å². The number of hydrogen-bond donors (Lipinski definition) is 3. The molecule has 100 valence electrons. The lowest BCUT2D eigenvalue weighted by Crippen LogP contribution is -2.28. The van der Waals surface area contributed by atoms with Crippen molar-refractivity contribution in [2.75, 3.05) is 6.54 Å². The number of amides is 2. The summed E-state index contributed by atoms with van der Waals surface area (Å²) < 4.78 is 1.43. The van der Waals surface area contributed by atoms with Crippen LogP contribution in [0.3, 0.4) is 0 Å². The van der Waals surface area contributed by atoms with Crippen LogP contribution in [-0.4, -0.2) is 33.4 Å². The molecule has 0 unspecified atom stereocenters. The van der Waals surface area contributed by atoms with E-state index in [1.165, 1.54) is 4.68 Å². The Labute approximate surface area is 105 Å². The minimum atomic E-state index is -0.321. The highest BCUT2D eigenvalue weighted by atomic mass is 16.2. The lowest BCUT2D eigenvalue weighted by molar-refractivity contribution is -0.121. The first-order chi connectivity index (χ1) is 8.61. The van der Waals surface area contributed by atoms with Gasteiger partial charge in [-0.25, -0.2) is 4.68 Å². The van der Waals surface area contributed by atoms with E-state index >= 15 is 0 Å². The van der Waals surface area contributed by atoms with Crippen LogP contribution in [0.15, 0.2) is 6.20 Å². The SMILES string of the molecule is NCc1cn(CC(=O)NCCCCC(N)=O)nn1. The molecule has 0 aromatic carbocycles. The highest BCUT2D eigenvalue weighted by Gasteiger charge is 2.04. The zero-order valence-electron chi connectivity index (χ0n) is 10.1. The Kier molecular flexibility index (Phi) is 5.78. The number of hydrogen-bond acceptors (Lipinski definition) is 5. The van der Waals surface area contributed by atoms with E-state index in [0.717, 1.165) is 6.42 Å². The van der Waals surface area contributed by atoms with E-state index in [-0.39, 0.29) is 18.4 Å². The van der Waals surface area contributed by atoms with E-state index in [4.69, 9.17) is 11.5 Å². The number of aromatic nitrogens is 3. The maximum atomic E-state index is 11.5. The fourth-order valence-corrected chi connectivity index (χ4v) is 1.36. The van der Waals surface area contributed by atoms with Crippen LogP contribution in [0.4, 0.5) is 0 Å². The van der Waals surface area contributed by atoms with Gasteiger partial charge in [0.05, 0.1) is 11.9 Å². The molecule has 0 atom stereocenters. The predicted octanol–water partition coefficient (Wildman–Crippen LogP) is -1.49. The largest absolute Gasteiger partial charge is 0.370 e. The zero-order chi connectivity index (χ0) is 13.4. The van der Waals surface area contributed by atoms with Gasteiger partial charge >= 0.3 is 0 Å². The highest BCUT2D eigenvalue weighted by Crippen LogP contribution is 1.93. The first-order valence-electron chi connectivity index (χ1n) is 5.76. The van der Waals surface area contributed by atoms with E-state index < -0.39 is 0 Å². The summed E-state index contributed by atoms with van der Waals surface area (Å²) in [6, 6.07) is 0. The summed E-state index contributed by atoms with van der Waals surface area (Å²) in [6.45, 7) is 0.933. The molecule has 0 fully saturated rings. The molecule has 0 saturated carbocycles. The van der Waals surface area contributed by atoms with Crippen LogP contribution >= 0.6 is 0 Å². The van der Waals surface area contributed by atoms with Crippen LogP contribution in [0.1, 0.15) is 25.0 Å². The van der Waals surface area contributed by atoms with E-state index in [9.17, 15) is 9.59 Å². The molecule has 1 rings (SSSR count). The summed E-state index contributed by atoms with van der Waals surface area (Å²) in [5.41, 5.74) is 11.0. The molecule has 2 amide bonds. The van der Waals surface area contributed by atoms with Gasteiger partial charge in [-0.3, -0.25) is 9.59 Å². The van der Waals surface area contributed by atoms with Crippen LogP contribution < -0.4 is 16.8 Å². The number of nitrogens with one attached hydrogen (secondary N) is 1. The van der Waals surface area contributed by atoms with Crippen LogP contribution in [0.5, 0.6) is 0 Å². The van der Waals surface area contributed by atoms with Crippen molar-refractivity contribution in [1.29, 1.82) is 0 Å². The fourth-order valence-electron chi connectivity index (χ4n) is 1.36.